The Labute approximate surface area is 188 Å². The molecule has 0 unspecified atom stereocenters. The summed E-state index contributed by atoms with van der Waals surface area (Å²) < 4.78 is 1.94. The van der Waals surface area contributed by atoms with Gasteiger partial charge in [-0.25, -0.2) is 0 Å². The van der Waals surface area contributed by atoms with Gasteiger partial charge in [0.1, 0.15) is 0 Å². The van der Waals surface area contributed by atoms with E-state index in [1.54, 1.807) is 0 Å². The number of aromatic nitrogens is 3. The fourth-order valence-corrected chi connectivity index (χ4v) is 4.32. The lowest BCUT2D eigenvalue weighted by Gasteiger charge is -2.14. The molecule has 0 spiro atoms. The number of hydrogen-bond donors (Lipinski definition) is 2. The van der Waals surface area contributed by atoms with E-state index in [0.29, 0.717) is 6.54 Å². The van der Waals surface area contributed by atoms with Crippen molar-refractivity contribution in [2.45, 2.75) is 52.2 Å². The molecular formula is C24H31N5OS. The van der Waals surface area contributed by atoms with Gasteiger partial charge in [-0.05, 0) is 48.9 Å². The van der Waals surface area contributed by atoms with Gasteiger partial charge in [0.05, 0.1) is 12.3 Å². The minimum atomic E-state index is -0.0289. The predicted molar refractivity (Wildman–Crippen MR) is 129 cm³/mol. The second-order valence-corrected chi connectivity index (χ2v) is 8.52. The first-order chi connectivity index (χ1) is 14.9. The van der Waals surface area contributed by atoms with E-state index in [1.165, 1.54) is 22.9 Å². The van der Waals surface area contributed by atoms with Crippen molar-refractivity contribution >= 4 is 29.0 Å². The SMILES string of the molecule is CCc1cccc(CC)c1NC(=O)CSc1nnc(CNc2c(C)cccc2C)n1C. The van der Waals surface area contributed by atoms with Crippen LogP contribution in [-0.4, -0.2) is 26.4 Å². The summed E-state index contributed by atoms with van der Waals surface area (Å²) in [6.45, 7) is 8.96. The van der Waals surface area contributed by atoms with Crippen molar-refractivity contribution in [3.63, 3.8) is 0 Å². The molecule has 0 fully saturated rings. The molecule has 6 nitrogen and oxygen atoms in total. The van der Waals surface area contributed by atoms with Gasteiger partial charge in [0.2, 0.25) is 5.91 Å². The molecule has 3 rings (SSSR count). The molecule has 1 amide bonds. The Balaban J connectivity index is 1.61. The smallest absolute Gasteiger partial charge is 0.234 e. The topological polar surface area (TPSA) is 71.8 Å². The van der Waals surface area contributed by atoms with Crippen LogP contribution in [-0.2, 0) is 31.2 Å². The molecule has 2 aromatic carbocycles. The highest BCUT2D eigenvalue weighted by atomic mass is 32.2. The summed E-state index contributed by atoms with van der Waals surface area (Å²) in [5, 5.41) is 15.9. The molecule has 0 bridgehead atoms. The maximum atomic E-state index is 12.6. The number of benzene rings is 2. The van der Waals surface area contributed by atoms with Gasteiger partial charge in [0, 0.05) is 18.4 Å². The van der Waals surface area contributed by atoms with Crippen LogP contribution in [0.1, 0.15) is 41.9 Å². The van der Waals surface area contributed by atoms with E-state index in [2.05, 4.69) is 84.9 Å². The monoisotopic (exact) mass is 437 g/mol. The summed E-state index contributed by atoms with van der Waals surface area (Å²) in [7, 11) is 1.93. The minimum Gasteiger partial charge on any atom is -0.377 e. The van der Waals surface area contributed by atoms with Gasteiger partial charge < -0.3 is 15.2 Å². The number of aryl methyl sites for hydroxylation is 4. The van der Waals surface area contributed by atoms with Crippen LogP contribution in [0.15, 0.2) is 41.6 Å². The molecule has 0 saturated heterocycles. The first-order valence-electron chi connectivity index (χ1n) is 10.7. The average molecular weight is 438 g/mol. The zero-order valence-electron chi connectivity index (χ0n) is 19.0. The lowest BCUT2D eigenvalue weighted by atomic mass is 10.0. The van der Waals surface area contributed by atoms with E-state index in [4.69, 9.17) is 0 Å². The number of anilines is 2. The Morgan fingerprint density at radius 3 is 2.19 bits per heavy atom. The van der Waals surface area contributed by atoms with Crippen LogP contribution in [0.4, 0.5) is 11.4 Å². The van der Waals surface area contributed by atoms with Crippen LogP contribution < -0.4 is 10.6 Å². The van der Waals surface area contributed by atoms with E-state index in [0.717, 1.165) is 46.3 Å². The van der Waals surface area contributed by atoms with Crippen LogP contribution in [0.2, 0.25) is 0 Å². The van der Waals surface area contributed by atoms with Crippen molar-refractivity contribution in [3.05, 3.63) is 64.5 Å². The summed E-state index contributed by atoms with van der Waals surface area (Å²) in [4.78, 5) is 12.6. The zero-order chi connectivity index (χ0) is 22.4. The Bertz CT molecular complexity index is 1020. The molecule has 0 saturated carbocycles. The third kappa shape index (κ3) is 5.47. The second kappa shape index (κ2) is 10.5. The number of nitrogens with one attached hydrogen (secondary N) is 2. The van der Waals surface area contributed by atoms with E-state index in [-0.39, 0.29) is 11.7 Å². The maximum absolute atomic E-state index is 12.6. The van der Waals surface area contributed by atoms with E-state index in [9.17, 15) is 4.79 Å². The van der Waals surface area contributed by atoms with Crippen molar-refractivity contribution in [1.29, 1.82) is 0 Å². The van der Waals surface area contributed by atoms with Gasteiger partial charge in [0.25, 0.3) is 0 Å². The lowest BCUT2D eigenvalue weighted by Crippen LogP contribution is -2.17. The highest BCUT2D eigenvalue weighted by Gasteiger charge is 2.14. The average Bonchev–Trinajstić information content (AvgIpc) is 3.11. The Morgan fingerprint density at radius 1 is 0.968 bits per heavy atom. The molecule has 164 valence electrons. The molecule has 0 aliphatic carbocycles. The zero-order valence-corrected chi connectivity index (χ0v) is 19.8. The summed E-state index contributed by atoms with van der Waals surface area (Å²) in [6, 6.07) is 12.4. The van der Waals surface area contributed by atoms with Crippen LogP contribution in [0, 0.1) is 13.8 Å². The number of carbonyl (C=O) groups excluding carboxylic acids is 1. The summed E-state index contributed by atoms with van der Waals surface area (Å²) in [5.74, 6) is 1.09. The third-order valence-corrected chi connectivity index (χ3v) is 6.45. The molecule has 31 heavy (non-hydrogen) atoms. The number of thioether (sulfide) groups is 1. The van der Waals surface area contributed by atoms with Gasteiger partial charge in [-0.3, -0.25) is 4.79 Å². The van der Waals surface area contributed by atoms with Crippen molar-refractivity contribution < 1.29 is 4.79 Å². The molecule has 3 aromatic rings. The number of rotatable bonds is 9. The van der Waals surface area contributed by atoms with Crippen molar-refractivity contribution in [2.75, 3.05) is 16.4 Å². The van der Waals surface area contributed by atoms with Gasteiger partial charge in [-0.1, -0.05) is 62.0 Å². The molecule has 0 radical (unpaired) electrons. The maximum Gasteiger partial charge on any atom is 0.234 e. The predicted octanol–water partition coefficient (Wildman–Crippen LogP) is 4.90. The lowest BCUT2D eigenvalue weighted by molar-refractivity contribution is -0.113. The van der Waals surface area contributed by atoms with Gasteiger partial charge in [-0.2, -0.15) is 0 Å². The third-order valence-electron chi connectivity index (χ3n) is 5.43. The van der Waals surface area contributed by atoms with Crippen LogP contribution in [0.25, 0.3) is 0 Å². The van der Waals surface area contributed by atoms with Crippen LogP contribution in [0.5, 0.6) is 0 Å². The first kappa shape index (κ1) is 22.9. The summed E-state index contributed by atoms with van der Waals surface area (Å²) in [5.41, 5.74) is 6.81. The van der Waals surface area contributed by atoms with E-state index in [1.807, 2.05) is 11.6 Å². The Morgan fingerprint density at radius 2 is 1.58 bits per heavy atom. The summed E-state index contributed by atoms with van der Waals surface area (Å²) in [6.07, 6.45) is 1.77. The Hall–Kier alpha value is -2.80. The fraction of sp³-hybridized carbons (Fsp3) is 0.375. The number of hydrogen-bond acceptors (Lipinski definition) is 5. The van der Waals surface area contributed by atoms with Gasteiger partial charge >= 0.3 is 0 Å². The second-order valence-electron chi connectivity index (χ2n) is 7.57. The molecule has 1 heterocycles. The van der Waals surface area contributed by atoms with Crippen molar-refractivity contribution in [2.24, 2.45) is 7.05 Å². The van der Waals surface area contributed by atoms with Crippen LogP contribution >= 0.6 is 11.8 Å². The Kier molecular flexibility index (Phi) is 7.74. The van der Waals surface area contributed by atoms with Gasteiger partial charge in [-0.15, -0.1) is 10.2 Å². The first-order valence-corrected chi connectivity index (χ1v) is 11.6. The molecular weight excluding hydrogens is 406 g/mol. The largest absolute Gasteiger partial charge is 0.377 e. The van der Waals surface area contributed by atoms with Crippen molar-refractivity contribution in [1.82, 2.24) is 14.8 Å². The van der Waals surface area contributed by atoms with Gasteiger partial charge in [0.15, 0.2) is 11.0 Å². The number of amides is 1. The highest BCUT2D eigenvalue weighted by Crippen LogP contribution is 2.24. The molecule has 0 aliphatic heterocycles. The fourth-order valence-electron chi connectivity index (χ4n) is 3.59. The van der Waals surface area contributed by atoms with E-state index < -0.39 is 0 Å². The number of nitrogens with zero attached hydrogens (tertiary/aromatic N) is 3. The minimum absolute atomic E-state index is 0.0289. The molecule has 0 aliphatic rings. The molecule has 7 heteroatoms. The summed E-state index contributed by atoms with van der Waals surface area (Å²) >= 11 is 1.40. The number of para-hydroxylation sites is 2. The molecule has 2 N–H and O–H groups in total. The van der Waals surface area contributed by atoms with Crippen molar-refractivity contribution in [3.8, 4) is 0 Å². The quantitative estimate of drug-likeness (QED) is 0.466. The normalized spacial score (nSPS) is 10.9. The standard InChI is InChI=1S/C24H31N5OS/c1-6-18-12-9-13-19(7-2)23(18)26-21(30)15-31-24-28-27-20(29(24)5)14-25-22-16(3)10-8-11-17(22)4/h8-13,25H,6-7,14-15H2,1-5H3,(H,26,30). The van der Waals surface area contributed by atoms with E-state index >= 15 is 0 Å². The van der Waals surface area contributed by atoms with Crippen LogP contribution in [0.3, 0.4) is 0 Å². The number of carbonyl (C=O) groups is 1. The molecule has 0 atom stereocenters. The molecule has 1 aromatic heterocycles. The highest BCUT2D eigenvalue weighted by molar-refractivity contribution is 7.99.